The third-order valence-corrected chi connectivity index (χ3v) is 10.2. The van der Waals surface area contributed by atoms with Gasteiger partial charge in [0.15, 0.2) is 0 Å². The van der Waals surface area contributed by atoms with Crippen LogP contribution in [0.1, 0.15) is 75.2 Å². The van der Waals surface area contributed by atoms with Gasteiger partial charge in [0.2, 0.25) is 10.0 Å². The van der Waals surface area contributed by atoms with Gasteiger partial charge in [-0.05, 0) is 68.1 Å². The fourth-order valence-corrected chi connectivity index (χ4v) is 7.31. The number of rotatable bonds is 4. The second kappa shape index (κ2) is 7.45. The van der Waals surface area contributed by atoms with Crippen molar-refractivity contribution in [2.75, 3.05) is 13.1 Å². The van der Waals surface area contributed by atoms with E-state index in [1.807, 2.05) is 0 Å². The van der Waals surface area contributed by atoms with Crippen molar-refractivity contribution in [3.05, 3.63) is 29.3 Å². The van der Waals surface area contributed by atoms with Gasteiger partial charge in [-0.3, -0.25) is 4.79 Å². The van der Waals surface area contributed by atoms with E-state index >= 15 is 0 Å². The van der Waals surface area contributed by atoms with E-state index in [9.17, 15) is 13.2 Å². The number of hydrogen-bond donors (Lipinski definition) is 1. The van der Waals surface area contributed by atoms with Crippen LogP contribution in [0.5, 0.6) is 0 Å². The Kier molecular flexibility index (Phi) is 5.34. The molecule has 3 fully saturated rings. The van der Waals surface area contributed by atoms with E-state index in [2.05, 4.69) is 31.3 Å². The maximum absolute atomic E-state index is 13.1. The van der Waals surface area contributed by atoms with Gasteiger partial charge in [0.05, 0.1) is 4.90 Å². The van der Waals surface area contributed by atoms with Gasteiger partial charge in [0, 0.05) is 29.8 Å². The van der Waals surface area contributed by atoms with Crippen LogP contribution in [0.3, 0.4) is 0 Å². The number of nitrogens with zero attached hydrogens (tertiary/aromatic N) is 2. The van der Waals surface area contributed by atoms with Crippen molar-refractivity contribution < 1.29 is 13.2 Å². The SMILES string of the molecule is Cc1ccc(C(=O)N/N=C2/C[C@H]3CC[C@@]2(C)C3(C)C)cc1S(=O)(=O)N1CCCCC1. The fourth-order valence-electron chi connectivity index (χ4n) is 5.54. The minimum atomic E-state index is -3.59. The molecule has 1 amide bonds. The smallest absolute Gasteiger partial charge is 0.267 e. The second-order valence-corrected chi connectivity index (χ2v) is 11.8. The Bertz CT molecular complexity index is 993. The number of carbonyl (C=O) groups is 1. The van der Waals surface area contributed by atoms with Crippen molar-refractivity contribution in [1.29, 1.82) is 0 Å². The molecule has 1 N–H and O–H groups in total. The van der Waals surface area contributed by atoms with E-state index in [4.69, 9.17) is 0 Å². The molecule has 164 valence electrons. The first-order valence-corrected chi connectivity index (χ1v) is 12.5. The summed E-state index contributed by atoms with van der Waals surface area (Å²) in [6.45, 7) is 9.71. The molecule has 2 saturated carbocycles. The Balaban J connectivity index is 1.55. The second-order valence-electron chi connectivity index (χ2n) is 9.94. The Morgan fingerprint density at radius 2 is 1.87 bits per heavy atom. The summed E-state index contributed by atoms with van der Waals surface area (Å²) in [7, 11) is -3.59. The molecular weight excluding hydrogens is 398 g/mol. The lowest BCUT2D eigenvalue weighted by atomic mass is 9.70. The number of benzene rings is 1. The first-order chi connectivity index (χ1) is 14.1. The number of nitrogens with one attached hydrogen (secondary N) is 1. The monoisotopic (exact) mass is 431 g/mol. The van der Waals surface area contributed by atoms with Crippen molar-refractivity contribution in [1.82, 2.24) is 9.73 Å². The van der Waals surface area contributed by atoms with E-state index in [0.29, 0.717) is 30.1 Å². The van der Waals surface area contributed by atoms with Gasteiger partial charge in [-0.1, -0.05) is 33.3 Å². The molecule has 0 spiro atoms. The highest BCUT2D eigenvalue weighted by Crippen LogP contribution is 2.63. The maximum Gasteiger partial charge on any atom is 0.271 e. The van der Waals surface area contributed by atoms with Crippen LogP contribution in [0, 0.1) is 23.7 Å². The average Bonchev–Trinajstić information content (AvgIpc) is 3.06. The number of fused-ring (bicyclic) bond motifs is 2. The zero-order chi connectivity index (χ0) is 21.7. The minimum Gasteiger partial charge on any atom is -0.267 e. The van der Waals surface area contributed by atoms with Crippen molar-refractivity contribution in [3.8, 4) is 0 Å². The fraction of sp³-hybridized carbons (Fsp3) is 0.652. The van der Waals surface area contributed by atoms with E-state index in [-0.39, 0.29) is 21.6 Å². The topological polar surface area (TPSA) is 78.8 Å². The van der Waals surface area contributed by atoms with Crippen LogP contribution in [0.4, 0.5) is 0 Å². The summed E-state index contributed by atoms with van der Waals surface area (Å²) < 4.78 is 27.8. The van der Waals surface area contributed by atoms with Crippen molar-refractivity contribution in [2.45, 2.75) is 71.1 Å². The Labute approximate surface area is 180 Å². The molecule has 1 aromatic carbocycles. The number of sulfonamides is 1. The molecule has 0 unspecified atom stereocenters. The maximum atomic E-state index is 13.1. The Morgan fingerprint density at radius 3 is 2.47 bits per heavy atom. The quantitative estimate of drug-likeness (QED) is 0.729. The van der Waals surface area contributed by atoms with Gasteiger partial charge < -0.3 is 0 Å². The van der Waals surface area contributed by atoms with E-state index in [1.54, 1.807) is 23.4 Å². The van der Waals surface area contributed by atoms with Crippen LogP contribution in [-0.4, -0.2) is 37.4 Å². The van der Waals surface area contributed by atoms with Crippen LogP contribution in [0.15, 0.2) is 28.2 Å². The molecule has 0 radical (unpaired) electrons. The Hall–Kier alpha value is -1.73. The molecule has 1 aromatic rings. The number of carbonyl (C=O) groups excluding carboxylic acids is 1. The first-order valence-electron chi connectivity index (χ1n) is 11.1. The molecule has 2 atom stereocenters. The number of amides is 1. The lowest BCUT2D eigenvalue weighted by molar-refractivity contribution is 0.0953. The molecule has 1 saturated heterocycles. The average molecular weight is 432 g/mol. The predicted molar refractivity (Wildman–Crippen MR) is 118 cm³/mol. The lowest BCUT2D eigenvalue weighted by Gasteiger charge is -2.34. The van der Waals surface area contributed by atoms with Crippen LogP contribution in [0.25, 0.3) is 0 Å². The Morgan fingerprint density at radius 1 is 1.17 bits per heavy atom. The van der Waals surface area contributed by atoms with Crippen molar-refractivity contribution in [2.24, 2.45) is 21.8 Å². The van der Waals surface area contributed by atoms with Crippen LogP contribution < -0.4 is 5.43 Å². The number of hydrazone groups is 1. The molecule has 1 aliphatic heterocycles. The standard InChI is InChI=1S/C23H33N3O3S/c1-16-8-9-17(14-19(16)30(28,29)26-12-6-5-7-13-26)21(27)25-24-20-15-18-10-11-23(20,4)22(18,2)3/h8-9,14,18H,5-7,10-13,15H2,1-4H3,(H,25,27)/b24-20-/t18-,23-/m1/s1. The minimum absolute atomic E-state index is 0.0149. The van der Waals surface area contributed by atoms with Crippen LogP contribution in [-0.2, 0) is 10.0 Å². The van der Waals surface area contributed by atoms with Crippen molar-refractivity contribution in [3.63, 3.8) is 0 Å². The number of piperidine rings is 1. The third kappa shape index (κ3) is 3.30. The van der Waals surface area contributed by atoms with Crippen LogP contribution in [0.2, 0.25) is 0 Å². The molecule has 2 aliphatic carbocycles. The highest BCUT2D eigenvalue weighted by molar-refractivity contribution is 7.89. The molecule has 2 bridgehead atoms. The summed E-state index contributed by atoms with van der Waals surface area (Å²) in [5.74, 6) is 0.251. The summed E-state index contributed by atoms with van der Waals surface area (Å²) in [5, 5.41) is 4.51. The number of hydrogen-bond acceptors (Lipinski definition) is 4. The highest BCUT2D eigenvalue weighted by atomic mass is 32.2. The summed E-state index contributed by atoms with van der Waals surface area (Å²) >= 11 is 0. The summed E-state index contributed by atoms with van der Waals surface area (Å²) in [4.78, 5) is 13.0. The largest absolute Gasteiger partial charge is 0.271 e. The molecule has 3 aliphatic rings. The zero-order valence-electron chi connectivity index (χ0n) is 18.5. The van der Waals surface area contributed by atoms with Gasteiger partial charge >= 0.3 is 0 Å². The summed E-state index contributed by atoms with van der Waals surface area (Å²) in [6.07, 6.45) is 6.06. The molecular formula is C23H33N3O3S. The van der Waals surface area contributed by atoms with Gasteiger partial charge in [-0.25, -0.2) is 13.8 Å². The first kappa shape index (κ1) is 21.5. The molecule has 7 heteroatoms. The van der Waals surface area contributed by atoms with E-state index in [0.717, 1.165) is 37.8 Å². The zero-order valence-corrected chi connectivity index (χ0v) is 19.3. The highest BCUT2D eigenvalue weighted by Gasteiger charge is 2.60. The molecule has 1 heterocycles. The summed E-state index contributed by atoms with van der Waals surface area (Å²) in [6, 6.07) is 4.88. The molecule has 0 aromatic heterocycles. The van der Waals surface area contributed by atoms with Crippen LogP contribution >= 0.6 is 0 Å². The third-order valence-electron chi connectivity index (χ3n) is 8.19. The summed E-state index contributed by atoms with van der Waals surface area (Å²) in [5.41, 5.74) is 4.96. The van der Waals surface area contributed by atoms with Gasteiger partial charge in [0.1, 0.15) is 0 Å². The number of aryl methyl sites for hydroxylation is 1. The van der Waals surface area contributed by atoms with Gasteiger partial charge in [-0.2, -0.15) is 9.41 Å². The predicted octanol–water partition coefficient (Wildman–Crippen LogP) is 4.10. The molecule has 4 rings (SSSR count). The van der Waals surface area contributed by atoms with Gasteiger partial charge in [0.25, 0.3) is 5.91 Å². The normalized spacial score (nSPS) is 30.0. The lowest BCUT2D eigenvalue weighted by Crippen LogP contribution is -2.36. The van der Waals surface area contributed by atoms with E-state index < -0.39 is 10.0 Å². The van der Waals surface area contributed by atoms with E-state index in [1.165, 1.54) is 12.5 Å². The van der Waals surface area contributed by atoms with Crippen molar-refractivity contribution >= 4 is 21.6 Å². The van der Waals surface area contributed by atoms with Gasteiger partial charge in [-0.15, -0.1) is 0 Å². The molecule has 6 nitrogen and oxygen atoms in total. The molecule has 30 heavy (non-hydrogen) atoms.